The zero-order chi connectivity index (χ0) is 11.4. The van der Waals surface area contributed by atoms with Crippen molar-refractivity contribution in [2.24, 2.45) is 7.05 Å². The van der Waals surface area contributed by atoms with Crippen molar-refractivity contribution in [3.8, 4) is 0 Å². The Kier molecular flexibility index (Phi) is 4.05. The van der Waals surface area contributed by atoms with E-state index in [1.54, 1.807) is 11.6 Å². The molecule has 1 rings (SSSR count). The topological polar surface area (TPSA) is 70.2 Å². The van der Waals surface area contributed by atoms with E-state index >= 15 is 0 Å². The Bertz CT molecular complexity index is 353. The first kappa shape index (κ1) is 11.9. The van der Waals surface area contributed by atoms with Crippen LogP contribution in [-0.2, 0) is 18.2 Å². The number of nitrogens with zero attached hydrogens (tertiary/aromatic N) is 3. The van der Waals surface area contributed by atoms with E-state index in [0.29, 0.717) is 18.7 Å². The molecule has 15 heavy (non-hydrogen) atoms. The van der Waals surface area contributed by atoms with Crippen LogP contribution >= 0.6 is 11.6 Å². The molecular formula is C8H12ClN3O3. The Labute approximate surface area is 92.0 Å². The van der Waals surface area contributed by atoms with Crippen molar-refractivity contribution in [2.45, 2.75) is 11.8 Å². The van der Waals surface area contributed by atoms with Crippen molar-refractivity contribution < 1.29 is 9.66 Å². The molecular weight excluding hydrogens is 222 g/mol. The van der Waals surface area contributed by atoms with Crippen LogP contribution in [0.25, 0.3) is 0 Å². The number of nitro groups is 1. The van der Waals surface area contributed by atoms with Crippen LogP contribution in [0.2, 0.25) is 0 Å². The third-order valence-corrected chi connectivity index (χ3v) is 2.25. The van der Waals surface area contributed by atoms with E-state index in [4.69, 9.17) is 16.3 Å². The highest BCUT2D eigenvalue weighted by molar-refractivity contribution is 6.20. The molecule has 0 saturated carbocycles. The molecule has 7 heteroatoms. The molecule has 84 valence electrons. The first-order valence-corrected chi connectivity index (χ1v) is 4.77. The highest BCUT2D eigenvalue weighted by Crippen LogP contribution is 2.18. The SMILES string of the molecule is COCC(Cl)Cc1c([N+](=O)[O-])ncn1C. The lowest BCUT2D eigenvalue weighted by Crippen LogP contribution is -2.13. The van der Waals surface area contributed by atoms with Crippen LogP contribution in [-0.4, -0.2) is 33.6 Å². The number of ether oxygens (including phenoxy) is 1. The van der Waals surface area contributed by atoms with Gasteiger partial charge in [-0.2, -0.15) is 0 Å². The fourth-order valence-corrected chi connectivity index (χ4v) is 1.55. The average molecular weight is 234 g/mol. The minimum atomic E-state index is -0.508. The zero-order valence-electron chi connectivity index (χ0n) is 8.51. The Balaban J connectivity index is 2.83. The number of methoxy groups -OCH3 is 1. The molecule has 1 unspecified atom stereocenters. The van der Waals surface area contributed by atoms with E-state index in [1.807, 2.05) is 0 Å². The maximum atomic E-state index is 10.6. The lowest BCUT2D eigenvalue weighted by molar-refractivity contribution is -0.390. The molecule has 0 aromatic carbocycles. The number of aromatic nitrogens is 2. The van der Waals surface area contributed by atoms with E-state index in [0.717, 1.165) is 0 Å². The molecule has 0 bridgehead atoms. The van der Waals surface area contributed by atoms with Gasteiger partial charge in [0.15, 0.2) is 0 Å². The molecule has 1 heterocycles. The summed E-state index contributed by atoms with van der Waals surface area (Å²) in [5, 5.41) is 10.3. The second-order valence-corrected chi connectivity index (χ2v) is 3.76. The average Bonchev–Trinajstić information content (AvgIpc) is 2.48. The van der Waals surface area contributed by atoms with Gasteiger partial charge in [-0.3, -0.25) is 0 Å². The number of hydrogen-bond donors (Lipinski definition) is 0. The van der Waals surface area contributed by atoms with Gasteiger partial charge in [-0.15, -0.1) is 11.6 Å². The van der Waals surface area contributed by atoms with Gasteiger partial charge < -0.3 is 19.4 Å². The zero-order valence-corrected chi connectivity index (χ0v) is 9.27. The second-order valence-electron chi connectivity index (χ2n) is 3.14. The van der Waals surface area contributed by atoms with Crippen molar-refractivity contribution in [2.75, 3.05) is 13.7 Å². The maximum Gasteiger partial charge on any atom is 0.384 e. The second kappa shape index (κ2) is 5.09. The number of imidazole rings is 1. The first-order valence-electron chi connectivity index (χ1n) is 4.33. The lowest BCUT2D eigenvalue weighted by Gasteiger charge is -2.07. The molecule has 0 amide bonds. The standard InChI is InChI=1S/C8H12ClN3O3/c1-11-5-10-8(12(13)14)7(11)3-6(9)4-15-2/h5-6H,3-4H2,1-2H3. The summed E-state index contributed by atoms with van der Waals surface area (Å²) in [6.07, 6.45) is 1.77. The quantitative estimate of drug-likeness (QED) is 0.434. The largest absolute Gasteiger partial charge is 0.384 e. The van der Waals surface area contributed by atoms with E-state index < -0.39 is 4.92 Å². The normalized spacial score (nSPS) is 12.7. The van der Waals surface area contributed by atoms with Gasteiger partial charge in [-0.1, -0.05) is 0 Å². The molecule has 1 aromatic rings. The summed E-state index contributed by atoms with van der Waals surface area (Å²) in [4.78, 5) is 13.8. The molecule has 0 aliphatic rings. The Morgan fingerprint density at radius 3 is 3.00 bits per heavy atom. The molecule has 0 spiro atoms. The Morgan fingerprint density at radius 1 is 1.80 bits per heavy atom. The Morgan fingerprint density at radius 2 is 2.47 bits per heavy atom. The van der Waals surface area contributed by atoms with E-state index in [9.17, 15) is 10.1 Å². The van der Waals surface area contributed by atoms with Crippen LogP contribution < -0.4 is 0 Å². The van der Waals surface area contributed by atoms with Gasteiger partial charge in [0.2, 0.25) is 6.33 Å². The Hall–Kier alpha value is -1.14. The van der Waals surface area contributed by atoms with Crippen LogP contribution in [0.3, 0.4) is 0 Å². The monoisotopic (exact) mass is 233 g/mol. The third-order valence-electron chi connectivity index (χ3n) is 1.97. The predicted octanol–water partition coefficient (Wildman–Crippen LogP) is 1.12. The number of aryl methyl sites for hydroxylation is 1. The van der Waals surface area contributed by atoms with Crippen molar-refractivity contribution in [3.05, 3.63) is 22.1 Å². The van der Waals surface area contributed by atoms with Gasteiger partial charge in [0.1, 0.15) is 5.69 Å². The van der Waals surface area contributed by atoms with Gasteiger partial charge in [-0.05, 0) is 9.91 Å². The summed E-state index contributed by atoms with van der Waals surface area (Å²) in [6.45, 7) is 0.351. The lowest BCUT2D eigenvalue weighted by atomic mass is 10.2. The van der Waals surface area contributed by atoms with E-state index in [2.05, 4.69) is 4.98 Å². The number of hydrogen-bond acceptors (Lipinski definition) is 4. The fraction of sp³-hybridized carbons (Fsp3) is 0.625. The molecule has 0 radical (unpaired) electrons. The van der Waals surface area contributed by atoms with Crippen molar-refractivity contribution in [3.63, 3.8) is 0 Å². The predicted molar refractivity (Wildman–Crippen MR) is 55.1 cm³/mol. The van der Waals surface area contributed by atoms with Gasteiger partial charge in [-0.25, -0.2) is 0 Å². The van der Waals surface area contributed by atoms with Crippen molar-refractivity contribution >= 4 is 17.4 Å². The third kappa shape index (κ3) is 2.90. The number of alkyl halides is 1. The number of halogens is 1. The summed E-state index contributed by atoms with van der Waals surface area (Å²) in [5.41, 5.74) is 0.511. The van der Waals surface area contributed by atoms with Crippen molar-refractivity contribution in [1.29, 1.82) is 0 Å². The summed E-state index contributed by atoms with van der Waals surface area (Å²) in [6, 6.07) is 0. The molecule has 0 aliphatic heterocycles. The summed E-state index contributed by atoms with van der Waals surface area (Å²) in [7, 11) is 3.23. The summed E-state index contributed by atoms with van der Waals surface area (Å²) in [5.74, 6) is -0.140. The van der Waals surface area contributed by atoms with E-state index in [-0.39, 0.29) is 11.2 Å². The van der Waals surface area contributed by atoms with Crippen LogP contribution in [0.1, 0.15) is 5.69 Å². The van der Waals surface area contributed by atoms with E-state index in [1.165, 1.54) is 13.4 Å². The minimum absolute atomic E-state index is 0.140. The maximum absolute atomic E-state index is 10.6. The molecule has 1 atom stereocenters. The molecule has 0 N–H and O–H groups in total. The van der Waals surface area contributed by atoms with Gasteiger partial charge >= 0.3 is 5.82 Å². The molecule has 0 aliphatic carbocycles. The first-order chi connectivity index (χ1) is 7.06. The summed E-state index contributed by atoms with van der Waals surface area (Å²) >= 11 is 5.93. The molecule has 6 nitrogen and oxygen atoms in total. The van der Waals surface area contributed by atoms with Gasteiger partial charge in [0, 0.05) is 20.6 Å². The van der Waals surface area contributed by atoms with Gasteiger partial charge in [0.25, 0.3) is 0 Å². The van der Waals surface area contributed by atoms with Crippen molar-refractivity contribution in [1.82, 2.24) is 9.55 Å². The smallest absolute Gasteiger partial charge is 0.383 e. The summed E-state index contributed by atoms with van der Waals surface area (Å²) < 4.78 is 6.46. The highest BCUT2D eigenvalue weighted by atomic mass is 35.5. The van der Waals surface area contributed by atoms with Gasteiger partial charge in [0.05, 0.1) is 12.0 Å². The van der Waals surface area contributed by atoms with Crippen LogP contribution in [0, 0.1) is 10.1 Å². The van der Waals surface area contributed by atoms with Crippen LogP contribution in [0.4, 0.5) is 5.82 Å². The van der Waals surface area contributed by atoms with Crippen LogP contribution in [0.15, 0.2) is 6.33 Å². The molecule has 0 saturated heterocycles. The van der Waals surface area contributed by atoms with Crippen LogP contribution in [0.5, 0.6) is 0 Å². The molecule has 1 aromatic heterocycles. The highest BCUT2D eigenvalue weighted by Gasteiger charge is 2.22. The minimum Gasteiger partial charge on any atom is -0.383 e. The fourth-order valence-electron chi connectivity index (χ4n) is 1.28. The number of rotatable bonds is 5. The molecule has 0 fully saturated rings.